The number of nitrogens with zero attached hydrogens (tertiary/aromatic N) is 1. The molecule has 1 fully saturated rings. The number of hydrogen-bond donors (Lipinski definition) is 2. The highest BCUT2D eigenvalue weighted by atomic mass is 35.5. The Bertz CT molecular complexity index is 490. The standard InChI is InChI=1S/C14H17ClN2O3/c15-11-2-4-12(5-3-11)16-14(20)17-8-7-10(9-17)1-6-13(18)19/h2-5,10H,1,6-9H2,(H,16,20)(H,18,19). The zero-order valence-electron chi connectivity index (χ0n) is 11.0. The minimum Gasteiger partial charge on any atom is -0.481 e. The van der Waals surface area contributed by atoms with E-state index >= 15 is 0 Å². The molecule has 2 amide bonds. The molecule has 1 aliphatic rings. The molecule has 1 unspecified atom stereocenters. The summed E-state index contributed by atoms with van der Waals surface area (Å²) >= 11 is 5.78. The Hall–Kier alpha value is -1.75. The summed E-state index contributed by atoms with van der Waals surface area (Å²) in [7, 11) is 0. The van der Waals surface area contributed by atoms with Crippen LogP contribution in [-0.2, 0) is 4.79 Å². The number of rotatable bonds is 4. The lowest BCUT2D eigenvalue weighted by Gasteiger charge is -2.17. The normalized spacial score (nSPS) is 18.1. The molecule has 1 atom stereocenters. The number of carboxylic acid groups (broad SMARTS) is 1. The molecule has 1 saturated heterocycles. The maximum atomic E-state index is 12.0. The van der Waals surface area contributed by atoms with Crippen molar-refractivity contribution in [3.05, 3.63) is 29.3 Å². The van der Waals surface area contributed by atoms with Crippen LogP contribution in [0.2, 0.25) is 5.02 Å². The lowest BCUT2D eigenvalue weighted by Crippen LogP contribution is -2.33. The van der Waals surface area contributed by atoms with Crippen molar-refractivity contribution in [2.75, 3.05) is 18.4 Å². The van der Waals surface area contributed by atoms with Crippen LogP contribution in [0.3, 0.4) is 0 Å². The molecular formula is C14H17ClN2O3. The van der Waals surface area contributed by atoms with Gasteiger partial charge in [-0.25, -0.2) is 4.79 Å². The number of aliphatic carboxylic acids is 1. The van der Waals surface area contributed by atoms with Crippen molar-refractivity contribution in [3.8, 4) is 0 Å². The Kier molecular flexibility index (Phi) is 4.84. The first-order valence-corrected chi connectivity index (χ1v) is 6.95. The molecule has 1 aromatic rings. The van der Waals surface area contributed by atoms with E-state index in [0.29, 0.717) is 30.2 Å². The van der Waals surface area contributed by atoms with E-state index in [2.05, 4.69) is 5.32 Å². The molecule has 0 spiro atoms. The van der Waals surface area contributed by atoms with Crippen molar-refractivity contribution < 1.29 is 14.7 Å². The molecule has 0 aliphatic carbocycles. The number of anilines is 1. The van der Waals surface area contributed by atoms with Crippen molar-refractivity contribution >= 4 is 29.3 Å². The number of likely N-dealkylation sites (tertiary alicyclic amines) is 1. The highest BCUT2D eigenvalue weighted by Crippen LogP contribution is 2.22. The van der Waals surface area contributed by atoms with Gasteiger partial charge < -0.3 is 15.3 Å². The van der Waals surface area contributed by atoms with Crippen LogP contribution in [0.25, 0.3) is 0 Å². The smallest absolute Gasteiger partial charge is 0.321 e. The van der Waals surface area contributed by atoms with Gasteiger partial charge in [0, 0.05) is 30.2 Å². The maximum Gasteiger partial charge on any atom is 0.321 e. The molecule has 1 aliphatic heterocycles. The quantitative estimate of drug-likeness (QED) is 0.897. The van der Waals surface area contributed by atoms with Gasteiger partial charge in [-0.1, -0.05) is 11.6 Å². The Morgan fingerprint density at radius 3 is 2.70 bits per heavy atom. The third-order valence-corrected chi connectivity index (χ3v) is 3.69. The minimum absolute atomic E-state index is 0.148. The Morgan fingerprint density at radius 1 is 1.35 bits per heavy atom. The molecule has 2 rings (SSSR count). The van der Waals surface area contributed by atoms with Gasteiger partial charge in [-0.3, -0.25) is 4.79 Å². The summed E-state index contributed by atoms with van der Waals surface area (Å²) in [5, 5.41) is 12.1. The molecule has 0 aromatic heterocycles. The summed E-state index contributed by atoms with van der Waals surface area (Å²) in [6.45, 7) is 1.29. The molecule has 20 heavy (non-hydrogen) atoms. The third kappa shape index (κ3) is 4.13. The fraction of sp³-hybridized carbons (Fsp3) is 0.429. The van der Waals surface area contributed by atoms with Crippen molar-refractivity contribution in [2.24, 2.45) is 5.92 Å². The Morgan fingerprint density at radius 2 is 2.05 bits per heavy atom. The number of carbonyl (C=O) groups is 2. The number of carbonyl (C=O) groups excluding carboxylic acids is 1. The van der Waals surface area contributed by atoms with Gasteiger partial charge in [0.15, 0.2) is 0 Å². The van der Waals surface area contributed by atoms with Crippen LogP contribution in [0.15, 0.2) is 24.3 Å². The van der Waals surface area contributed by atoms with E-state index in [1.54, 1.807) is 29.2 Å². The van der Waals surface area contributed by atoms with Crippen LogP contribution in [0.5, 0.6) is 0 Å². The van der Waals surface area contributed by atoms with E-state index in [9.17, 15) is 9.59 Å². The van der Waals surface area contributed by atoms with Gasteiger partial charge in [0.1, 0.15) is 0 Å². The number of hydrogen-bond acceptors (Lipinski definition) is 2. The van der Waals surface area contributed by atoms with Gasteiger partial charge in [-0.15, -0.1) is 0 Å². The van der Waals surface area contributed by atoms with Gasteiger partial charge in [-0.05, 0) is 43.0 Å². The first-order valence-electron chi connectivity index (χ1n) is 6.58. The number of urea groups is 1. The van der Waals surface area contributed by atoms with Gasteiger partial charge in [0.05, 0.1) is 0 Å². The molecule has 5 nitrogen and oxygen atoms in total. The zero-order valence-corrected chi connectivity index (χ0v) is 11.8. The number of nitrogens with one attached hydrogen (secondary N) is 1. The molecule has 2 N–H and O–H groups in total. The monoisotopic (exact) mass is 296 g/mol. The van der Waals surface area contributed by atoms with Gasteiger partial charge in [0.25, 0.3) is 0 Å². The second kappa shape index (κ2) is 6.61. The molecular weight excluding hydrogens is 280 g/mol. The lowest BCUT2D eigenvalue weighted by atomic mass is 10.0. The van der Waals surface area contributed by atoms with Gasteiger partial charge in [0.2, 0.25) is 0 Å². The predicted molar refractivity (Wildman–Crippen MR) is 77.0 cm³/mol. The minimum atomic E-state index is -0.783. The van der Waals surface area contributed by atoms with Crippen LogP contribution < -0.4 is 5.32 Å². The van der Waals surface area contributed by atoms with E-state index in [4.69, 9.17) is 16.7 Å². The second-order valence-corrected chi connectivity index (χ2v) is 5.41. The molecule has 6 heteroatoms. The summed E-state index contributed by atoms with van der Waals surface area (Å²) < 4.78 is 0. The van der Waals surface area contributed by atoms with Crippen LogP contribution in [-0.4, -0.2) is 35.1 Å². The molecule has 0 radical (unpaired) electrons. The first-order chi connectivity index (χ1) is 9.54. The highest BCUT2D eigenvalue weighted by molar-refractivity contribution is 6.30. The topological polar surface area (TPSA) is 69.6 Å². The van der Waals surface area contributed by atoms with Gasteiger partial charge >= 0.3 is 12.0 Å². The van der Waals surface area contributed by atoms with E-state index in [0.717, 1.165) is 6.42 Å². The van der Waals surface area contributed by atoms with E-state index < -0.39 is 5.97 Å². The van der Waals surface area contributed by atoms with E-state index in [1.165, 1.54) is 0 Å². The van der Waals surface area contributed by atoms with Crippen LogP contribution in [0.4, 0.5) is 10.5 Å². The van der Waals surface area contributed by atoms with E-state index in [1.807, 2.05) is 0 Å². The summed E-state index contributed by atoms with van der Waals surface area (Å²) in [6, 6.07) is 6.79. The van der Waals surface area contributed by atoms with E-state index in [-0.39, 0.29) is 18.4 Å². The predicted octanol–water partition coefficient (Wildman–Crippen LogP) is 3.06. The molecule has 108 valence electrons. The fourth-order valence-corrected chi connectivity index (χ4v) is 2.44. The van der Waals surface area contributed by atoms with Crippen molar-refractivity contribution in [1.82, 2.24) is 4.90 Å². The van der Waals surface area contributed by atoms with Gasteiger partial charge in [-0.2, -0.15) is 0 Å². The summed E-state index contributed by atoms with van der Waals surface area (Å²) in [5.74, 6) is -0.504. The largest absolute Gasteiger partial charge is 0.481 e. The average molecular weight is 297 g/mol. The third-order valence-electron chi connectivity index (χ3n) is 3.44. The Labute approximate surface area is 122 Å². The number of halogens is 1. The molecule has 0 saturated carbocycles. The SMILES string of the molecule is O=C(O)CCC1CCN(C(=O)Nc2ccc(Cl)cc2)C1. The zero-order chi connectivity index (χ0) is 14.5. The average Bonchev–Trinajstić information content (AvgIpc) is 2.88. The first kappa shape index (κ1) is 14.7. The summed E-state index contributed by atoms with van der Waals surface area (Å²) in [4.78, 5) is 24.3. The highest BCUT2D eigenvalue weighted by Gasteiger charge is 2.26. The van der Waals surface area contributed by atoms with Crippen LogP contribution in [0, 0.1) is 5.92 Å². The number of amides is 2. The maximum absolute atomic E-state index is 12.0. The van der Waals surface area contributed by atoms with Crippen LogP contribution in [0.1, 0.15) is 19.3 Å². The Balaban J connectivity index is 1.82. The second-order valence-electron chi connectivity index (χ2n) is 4.97. The fourth-order valence-electron chi connectivity index (χ4n) is 2.32. The van der Waals surface area contributed by atoms with Crippen molar-refractivity contribution in [1.29, 1.82) is 0 Å². The molecule has 1 aromatic carbocycles. The van der Waals surface area contributed by atoms with Crippen molar-refractivity contribution in [3.63, 3.8) is 0 Å². The lowest BCUT2D eigenvalue weighted by molar-refractivity contribution is -0.137. The summed E-state index contributed by atoms with van der Waals surface area (Å²) in [6.07, 6.45) is 1.65. The number of benzene rings is 1. The van der Waals surface area contributed by atoms with Crippen LogP contribution >= 0.6 is 11.6 Å². The molecule has 1 heterocycles. The molecule has 0 bridgehead atoms. The summed E-state index contributed by atoms with van der Waals surface area (Å²) in [5.41, 5.74) is 0.702. The van der Waals surface area contributed by atoms with Crippen molar-refractivity contribution in [2.45, 2.75) is 19.3 Å². The number of carboxylic acids is 1.